The third-order valence-corrected chi connectivity index (χ3v) is 5.35. The fourth-order valence-electron chi connectivity index (χ4n) is 2.85. The number of carboxylic acid groups (broad SMARTS) is 1. The van der Waals surface area contributed by atoms with Gasteiger partial charge in [0.2, 0.25) is 0 Å². The van der Waals surface area contributed by atoms with Crippen molar-refractivity contribution in [3.8, 4) is 17.2 Å². The van der Waals surface area contributed by atoms with Crippen molar-refractivity contribution in [2.75, 3.05) is 21.3 Å². The highest BCUT2D eigenvalue weighted by Gasteiger charge is 2.15. The first-order chi connectivity index (χ1) is 13.5. The number of ether oxygens (including phenoxy) is 3. The number of thiazole rings is 1. The number of benzene rings is 2. The highest BCUT2D eigenvalue weighted by Crippen LogP contribution is 2.38. The van der Waals surface area contributed by atoms with Crippen LogP contribution < -0.4 is 14.2 Å². The molecule has 0 aliphatic carbocycles. The number of hydrogen-bond donors (Lipinski definition) is 1. The predicted molar refractivity (Wildman–Crippen MR) is 110 cm³/mol. The van der Waals surface area contributed by atoms with E-state index in [9.17, 15) is 4.79 Å². The molecule has 2 aromatic carbocycles. The maximum absolute atomic E-state index is 11.2. The van der Waals surface area contributed by atoms with Crippen LogP contribution >= 0.6 is 11.3 Å². The Morgan fingerprint density at radius 2 is 1.71 bits per heavy atom. The normalized spacial score (nSPS) is 11.5. The molecule has 0 bridgehead atoms. The van der Waals surface area contributed by atoms with Crippen LogP contribution in [0.2, 0.25) is 0 Å². The maximum atomic E-state index is 11.2. The van der Waals surface area contributed by atoms with E-state index in [2.05, 4.69) is 4.98 Å². The molecule has 1 aromatic heterocycles. The van der Waals surface area contributed by atoms with E-state index in [0.717, 1.165) is 26.4 Å². The van der Waals surface area contributed by atoms with Gasteiger partial charge in [0.25, 0.3) is 0 Å². The van der Waals surface area contributed by atoms with Gasteiger partial charge in [0.05, 0.1) is 31.5 Å². The van der Waals surface area contributed by atoms with Gasteiger partial charge in [0.1, 0.15) is 10.8 Å². The Labute approximate surface area is 167 Å². The molecule has 0 amide bonds. The van der Waals surface area contributed by atoms with Crippen LogP contribution in [0.1, 0.15) is 23.4 Å². The van der Waals surface area contributed by atoms with E-state index in [-0.39, 0.29) is 6.42 Å². The molecule has 0 spiro atoms. The van der Waals surface area contributed by atoms with E-state index in [1.54, 1.807) is 27.4 Å². The average Bonchev–Trinajstić information content (AvgIpc) is 3.14. The Balaban J connectivity index is 2.11. The van der Waals surface area contributed by atoms with Crippen molar-refractivity contribution < 1.29 is 24.1 Å². The lowest BCUT2D eigenvalue weighted by molar-refractivity contribution is -0.136. The van der Waals surface area contributed by atoms with Crippen LogP contribution in [0.25, 0.3) is 21.9 Å². The fraction of sp³-hybridized carbons (Fsp3) is 0.238. The van der Waals surface area contributed by atoms with Gasteiger partial charge in [-0.05, 0) is 36.3 Å². The van der Waals surface area contributed by atoms with E-state index in [4.69, 9.17) is 19.3 Å². The molecule has 1 heterocycles. The number of aliphatic carboxylic acids is 1. The largest absolute Gasteiger partial charge is 0.496 e. The van der Waals surface area contributed by atoms with Crippen molar-refractivity contribution in [2.24, 2.45) is 0 Å². The van der Waals surface area contributed by atoms with Crippen LogP contribution in [0.4, 0.5) is 0 Å². The molecule has 0 aliphatic rings. The van der Waals surface area contributed by atoms with Crippen LogP contribution in [-0.2, 0) is 4.79 Å². The Kier molecular flexibility index (Phi) is 6.16. The topological polar surface area (TPSA) is 77.9 Å². The summed E-state index contributed by atoms with van der Waals surface area (Å²) in [4.78, 5) is 15.8. The maximum Gasteiger partial charge on any atom is 0.303 e. The first kappa shape index (κ1) is 19.7. The van der Waals surface area contributed by atoms with E-state index in [1.807, 2.05) is 36.4 Å². The lowest BCUT2D eigenvalue weighted by Gasteiger charge is -2.13. The second-order valence-electron chi connectivity index (χ2n) is 6.00. The minimum atomic E-state index is -0.855. The molecule has 0 fully saturated rings. The first-order valence-corrected chi connectivity index (χ1v) is 9.45. The first-order valence-electron chi connectivity index (χ1n) is 8.64. The molecule has 0 unspecified atom stereocenters. The SMILES string of the molecule is COc1cc(OC)c(OC)cc1/C=C(/CCC(=O)O)c1nc2ccccc2s1. The molecule has 1 N–H and O–H groups in total. The summed E-state index contributed by atoms with van der Waals surface area (Å²) in [5.41, 5.74) is 2.48. The molecule has 0 atom stereocenters. The van der Waals surface area contributed by atoms with Gasteiger partial charge in [-0.1, -0.05) is 12.1 Å². The van der Waals surface area contributed by atoms with Crippen LogP contribution in [0.5, 0.6) is 17.2 Å². The molecule has 6 nitrogen and oxygen atoms in total. The van der Waals surface area contributed by atoms with Crippen molar-refractivity contribution in [1.29, 1.82) is 0 Å². The molecular formula is C21H21NO5S. The summed E-state index contributed by atoms with van der Waals surface area (Å²) in [6.45, 7) is 0. The number of allylic oxidation sites excluding steroid dienone is 1. The third kappa shape index (κ3) is 4.26. The Morgan fingerprint density at radius 1 is 1.04 bits per heavy atom. The number of aromatic nitrogens is 1. The van der Waals surface area contributed by atoms with Gasteiger partial charge in [-0.15, -0.1) is 11.3 Å². The van der Waals surface area contributed by atoms with E-state index in [0.29, 0.717) is 23.7 Å². The lowest BCUT2D eigenvalue weighted by atomic mass is 10.1. The number of carboxylic acids is 1. The molecule has 0 saturated carbocycles. The summed E-state index contributed by atoms with van der Waals surface area (Å²) in [5, 5.41) is 9.95. The Morgan fingerprint density at radius 3 is 2.36 bits per heavy atom. The van der Waals surface area contributed by atoms with Crippen LogP contribution in [0.15, 0.2) is 36.4 Å². The Hall–Kier alpha value is -3.06. The van der Waals surface area contributed by atoms with Crippen molar-refractivity contribution in [1.82, 2.24) is 4.98 Å². The van der Waals surface area contributed by atoms with Crippen molar-refractivity contribution >= 4 is 39.2 Å². The molecule has 28 heavy (non-hydrogen) atoms. The standard InChI is InChI=1S/C21H21NO5S/c1-25-16-12-18(27-3)17(26-2)11-14(16)10-13(8-9-20(23)24)21-22-15-6-4-5-7-19(15)28-21/h4-7,10-12H,8-9H2,1-3H3,(H,23,24)/b13-10-. The van der Waals surface area contributed by atoms with E-state index < -0.39 is 5.97 Å². The van der Waals surface area contributed by atoms with E-state index in [1.165, 1.54) is 11.3 Å². The molecule has 146 valence electrons. The summed E-state index contributed by atoms with van der Waals surface area (Å²) in [6, 6.07) is 11.4. The number of carbonyl (C=O) groups is 1. The number of nitrogens with zero attached hydrogens (tertiary/aromatic N) is 1. The van der Waals surface area contributed by atoms with Gasteiger partial charge in [-0.25, -0.2) is 4.98 Å². The molecule has 7 heteroatoms. The van der Waals surface area contributed by atoms with Crippen molar-refractivity contribution in [2.45, 2.75) is 12.8 Å². The van der Waals surface area contributed by atoms with Gasteiger partial charge in [-0.2, -0.15) is 0 Å². The molecule has 0 saturated heterocycles. The molecular weight excluding hydrogens is 378 g/mol. The summed E-state index contributed by atoms with van der Waals surface area (Å²) < 4.78 is 17.3. The molecule has 3 aromatic rings. The summed E-state index contributed by atoms with van der Waals surface area (Å²) in [6.07, 6.45) is 2.27. The summed E-state index contributed by atoms with van der Waals surface area (Å²) in [5.74, 6) is 0.873. The zero-order chi connectivity index (χ0) is 20.1. The number of fused-ring (bicyclic) bond motifs is 1. The van der Waals surface area contributed by atoms with Gasteiger partial charge < -0.3 is 19.3 Å². The predicted octanol–water partition coefficient (Wildman–Crippen LogP) is 4.73. The summed E-state index contributed by atoms with van der Waals surface area (Å²) in [7, 11) is 4.70. The smallest absolute Gasteiger partial charge is 0.303 e. The molecule has 3 rings (SSSR count). The van der Waals surface area contributed by atoms with Crippen LogP contribution in [-0.4, -0.2) is 37.4 Å². The third-order valence-electron chi connectivity index (χ3n) is 4.24. The second kappa shape index (κ2) is 8.75. The minimum absolute atomic E-state index is 0.0113. The zero-order valence-electron chi connectivity index (χ0n) is 15.9. The lowest BCUT2D eigenvalue weighted by Crippen LogP contribution is -1.97. The number of para-hydroxylation sites is 1. The van der Waals surface area contributed by atoms with Gasteiger partial charge in [-0.3, -0.25) is 4.79 Å². The molecule has 0 aliphatic heterocycles. The van der Waals surface area contributed by atoms with E-state index >= 15 is 0 Å². The van der Waals surface area contributed by atoms with Crippen molar-refractivity contribution in [3.05, 3.63) is 47.0 Å². The van der Waals surface area contributed by atoms with Gasteiger partial charge in [0, 0.05) is 18.1 Å². The number of methoxy groups -OCH3 is 3. The quantitative estimate of drug-likeness (QED) is 0.590. The monoisotopic (exact) mass is 399 g/mol. The highest BCUT2D eigenvalue weighted by atomic mass is 32.1. The van der Waals surface area contributed by atoms with Crippen LogP contribution in [0.3, 0.4) is 0 Å². The van der Waals surface area contributed by atoms with Crippen molar-refractivity contribution in [3.63, 3.8) is 0 Å². The fourth-order valence-corrected chi connectivity index (χ4v) is 3.85. The Bertz CT molecular complexity index is 992. The second-order valence-corrected chi connectivity index (χ2v) is 7.03. The van der Waals surface area contributed by atoms with Crippen LogP contribution in [0, 0.1) is 0 Å². The average molecular weight is 399 g/mol. The number of hydrogen-bond acceptors (Lipinski definition) is 6. The van der Waals surface area contributed by atoms with Gasteiger partial charge >= 0.3 is 5.97 Å². The number of rotatable bonds is 8. The minimum Gasteiger partial charge on any atom is -0.496 e. The summed E-state index contributed by atoms with van der Waals surface area (Å²) >= 11 is 1.54. The highest BCUT2D eigenvalue weighted by molar-refractivity contribution is 7.19. The van der Waals surface area contributed by atoms with Gasteiger partial charge in [0.15, 0.2) is 11.5 Å². The molecule has 0 radical (unpaired) electrons. The zero-order valence-corrected chi connectivity index (χ0v) is 16.7.